The van der Waals surface area contributed by atoms with Crippen molar-refractivity contribution in [2.75, 3.05) is 26.4 Å². The second-order valence-corrected chi connectivity index (χ2v) is 16.2. The van der Waals surface area contributed by atoms with Crippen molar-refractivity contribution in [3.63, 3.8) is 0 Å². The molecule has 0 bridgehead atoms. The third-order valence-electron chi connectivity index (χ3n) is 9.80. The Hall–Kier alpha value is 0.170. The molecule has 0 heterocycles. The van der Waals surface area contributed by atoms with Gasteiger partial charge < -0.3 is 15.1 Å². The first-order valence-electron chi connectivity index (χ1n) is 21.5. The van der Waals surface area contributed by atoms with E-state index in [2.05, 4.69) is 13.8 Å². The maximum absolute atomic E-state index is 13.1. The molecule has 2 amide bonds. The van der Waals surface area contributed by atoms with Crippen molar-refractivity contribution in [2.45, 2.75) is 225 Å². The molecule has 1 unspecified atom stereocenters. The summed E-state index contributed by atoms with van der Waals surface area (Å²) in [5.41, 5.74) is 0. The molecule has 11 heteroatoms. The number of amides is 2. The Bertz CT molecular complexity index is 791. The van der Waals surface area contributed by atoms with Crippen LogP contribution in [0.2, 0.25) is 0 Å². The van der Waals surface area contributed by atoms with Crippen LogP contribution in [-0.2, 0) is 23.2 Å². The maximum atomic E-state index is 13.1. The molecule has 0 aromatic carbocycles. The van der Waals surface area contributed by atoms with E-state index in [4.69, 9.17) is 14.2 Å². The van der Waals surface area contributed by atoms with Crippen LogP contribution < -0.4 is 0 Å². The number of hydrogen-bond acceptors (Lipinski definition) is 7. The topological polar surface area (TPSA) is 134 Å². The second-order valence-electron chi connectivity index (χ2n) is 14.8. The van der Waals surface area contributed by atoms with E-state index in [-0.39, 0.29) is 67.4 Å². The van der Waals surface area contributed by atoms with Crippen molar-refractivity contribution in [1.29, 1.82) is 0 Å². The number of phosphoric acid groups is 1. The first-order valence-corrected chi connectivity index (χ1v) is 23.0. The SMILES string of the molecule is CCCCCCCCCCCCCCCCCC(=O)N(CCOP(=O)(O)OC[C@H](O)CO)C(=O)CCCCCCCCCCCCCCCCC.[Na]. The molecule has 0 saturated carbocycles. The van der Waals surface area contributed by atoms with Crippen molar-refractivity contribution in [2.24, 2.45) is 0 Å². The van der Waals surface area contributed by atoms with Gasteiger partial charge in [0.15, 0.2) is 0 Å². The molecule has 0 aromatic rings. The number of aliphatic hydroxyl groups excluding tert-OH is 2. The van der Waals surface area contributed by atoms with Gasteiger partial charge in [0.25, 0.3) is 0 Å². The van der Waals surface area contributed by atoms with E-state index >= 15 is 0 Å². The van der Waals surface area contributed by atoms with Crippen LogP contribution in [0.25, 0.3) is 0 Å². The fourth-order valence-electron chi connectivity index (χ4n) is 6.47. The van der Waals surface area contributed by atoms with Gasteiger partial charge in [-0.25, -0.2) is 4.57 Å². The molecule has 305 valence electrons. The molecule has 1 radical (unpaired) electrons. The summed E-state index contributed by atoms with van der Waals surface area (Å²) < 4.78 is 21.8. The minimum absolute atomic E-state index is 0. The molecule has 0 rings (SSSR count). The van der Waals surface area contributed by atoms with E-state index in [1.54, 1.807) is 0 Å². The Labute approximate surface area is 342 Å². The van der Waals surface area contributed by atoms with E-state index in [0.29, 0.717) is 12.8 Å². The van der Waals surface area contributed by atoms with Crippen molar-refractivity contribution in [3.05, 3.63) is 0 Å². The second kappa shape index (κ2) is 40.8. The summed E-state index contributed by atoms with van der Waals surface area (Å²) in [5, 5.41) is 18.3. The number of unbranched alkanes of at least 4 members (excludes halogenated alkanes) is 28. The zero-order valence-corrected chi connectivity index (χ0v) is 37.2. The van der Waals surface area contributed by atoms with Gasteiger partial charge in [0, 0.05) is 42.4 Å². The number of aliphatic hydroxyl groups is 2. The number of carbonyl (C=O) groups is 2. The Balaban J connectivity index is 0. The zero-order valence-electron chi connectivity index (χ0n) is 34.3. The van der Waals surface area contributed by atoms with Crippen LogP contribution in [-0.4, -0.2) is 93.8 Å². The maximum Gasteiger partial charge on any atom is 0.472 e. The Morgan fingerprint density at radius 3 is 1.12 bits per heavy atom. The molecule has 9 nitrogen and oxygen atoms in total. The average molecular weight is 771 g/mol. The number of carbonyl (C=O) groups excluding carboxylic acids is 2. The molecular formula is C41H82NNaO8P. The van der Waals surface area contributed by atoms with Crippen molar-refractivity contribution in [1.82, 2.24) is 4.90 Å². The van der Waals surface area contributed by atoms with E-state index in [1.807, 2.05) is 0 Å². The largest absolute Gasteiger partial charge is 0.472 e. The van der Waals surface area contributed by atoms with E-state index < -0.39 is 27.1 Å². The summed E-state index contributed by atoms with van der Waals surface area (Å²) >= 11 is 0. The fourth-order valence-corrected chi connectivity index (χ4v) is 7.22. The van der Waals surface area contributed by atoms with Gasteiger partial charge in [-0.1, -0.05) is 194 Å². The quantitative estimate of drug-likeness (QED) is 0.0319. The normalized spacial score (nSPS) is 13.1. The summed E-state index contributed by atoms with van der Waals surface area (Å²) in [7, 11) is -4.50. The fraction of sp³-hybridized carbons (Fsp3) is 0.951. The zero-order chi connectivity index (χ0) is 37.7. The molecule has 0 spiro atoms. The van der Waals surface area contributed by atoms with Crippen LogP contribution >= 0.6 is 7.82 Å². The van der Waals surface area contributed by atoms with Gasteiger partial charge in [-0.15, -0.1) is 0 Å². The predicted molar refractivity (Wildman–Crippen MR) is 216 cm³/mol. The summed E-state index contributed by atoms with van der Waals surface area (Å²) in [6, 6.07) is 0. The number of rotatable bonds is 40. The van der Waals surface area contributed by atoms with Crippen LogP contribution in [0.4, 0.5) is 0 Å². The number of nitrogens with zero attached hydrogens (tertiary/aromatic N) is 1. The Morgan fingerprint density at radius 1 is 0.538 bits per heavy atom. The molecule has 3 N–H and O–H groups in total. The molecule has 0 saturated heterocycles. The minimum Gasteiger partial charge on any atom is -0.394 e. The van der Waals surface area contributed by atoms with Crippen LogP contribution in [0.5, 0.6) is 0 Å². The number of hydrogen-bond donors (Lipinski definition) is 3. The number of phosphoric ester groups is 1. The van der Waals surface area contributed by atoms with Crippen LogP contribution in [0.3, 0.4) is 0 Å². The number of imide groups is 1. The summed E-state index contributed by atoms with van der Waals surface area (Å²) in [4.78, 5) is 37.3. The third-order valence-corrected chi connectivity index (χ3v) is 10.8. The van der Waals surface area contributed by atoms with Gasteiger partial charge in [0.1, 0.15) is 6.10 Å². The van der Waals surface area contributed by atoms with Gasteiger partial charge in [-0.2, -0.15) is 0 Å². The average Bonchev–Trinajstić information content (AvgIpc) is 3.12. The van der Waals surface area contributed by atoms with Gasteiger partial charge in [-0.3, -0.25) is 23.5 Å². The van der Waals surface area contributed by atoms with Crippen LogP contribution in [0.15, 0.2) is 0 Å². The monoisotopic (exact) mass is 771 g/mol. The van der Waals surface area contributed by atoms with E-state index in [9.17, 15) is 24.2 Å². The molecule has 0 fully saturated rings. The van der Waals surface area contributed by atoms with Gasteiger partial charge in [-0.05, 0) is 12.8 Å². The summed E-state index contributed by atoms with van der Waals surface area (Å²) in [6.45, 7) is 2.85. The van der Waals surface area contributed by atoms with Gasteiger partial charge in [0.05, 0.1) is 26.4 Å². The van der Waals surface area contributed by atoms with Gasteiger partial charge >= 0.3 is 7.82 Å². The van der Waals surface area contributed by atoms with Crippen molar-refractivity contribution >= 4 is 49.2 Å². The molecule has 0 aliphatic carbocycles. The first-order chi connectivity index (χ1) is 24.8. The summed E-state index contributed by atoms with van der Waals surface area (Å²) in [5.74, 6) is -0.549. The Morgan fingerprint density at radius 2 is 0.827 bits per heavy atom. The first kappa shape index (κ1) is 54.3. The van der Waals surface area contributed by atoms with Gasteiger partial charge in [0.2, 0.25) is 11.8 Å². The molecular weight excluding hydrogens is 688 g/mol. The smallest absolute Gasteiger partial charge is 0.394 e. The molecule has 0 aromatic heterocycles. The third kappa shape index (κ3) is 37.1. The molecule has 2 atom stereocenters. The summed E-state index contributed by atoms with van der Waals surface area (Å²) in [6.07, 6.45) is 36.3. The van der Waals surface area contributed by atoms with Crippen LogP contribution in [0.1, 0.15) is 219 Å². The molecule has 0 aliphatic heterocycles. The van der Waals surface area contributed by atoms with Crippen molar-refractivity contribution < 1.29 is 38.3 Å². The van der Waals surface area contributed by atoms with Crippen molar-refractivity contribution in [3.8, 4) is 0 Å². The van der Waals surface area contributed by atoms with E-state index in [1.165, 1.54) is 146 Å². The standard InChI is InChI=1S/C41H82NO8P.Na/c1-3-5-7-9-11-13-15-17-19-21-23-25-27-29-31-33-40(45)42(35-36-49-51(47,48)50-38-39(44)37-43)41(46)34-32-30-28-26-24-22-20-18-16-14-12-10-8-6-4-2;/h39,43-44H,3-38H2,1-2H3,(H,47,48);/t39-;/m1./s1. The predicted octanol–water partition coefficient (Wildman–Crippen LogP) is 11.0. The van der Waals surface area contributed by atoms with Crippen LogP contribution in [0, 0.1) is 0 Å². The van der Waals surface area contributed by atoms with E-state index in [0.717, 1.165) is 38.5 Å². The molecule has 0 aliphatic rings. The minimum atomic E-state index is -4.50. The Kier molecular flexibility index (Phi) is 42.6. The molecule has 52 heavy (non-hydrogen) atoms.